The van der Waals surface area contributed by atoms with E-state index in [4.69, 9.17) is 25.4 Å². The predicted octanol–water partition coefficient (Wildman–Crippen LogP) is 4.45. The molecule has 0 bridgehead atoms. The summed E-state index contributed by atoms with van der Waals surface area (Å²) >= 11 is 0. The molecular formula is C22H37Cl2N7O. The van der Waals surface area contributed by atoms with Gasteiger partial charge in [-0.25, -0.2) is 4.98 Å². The van der Waals surface area contributed by atoms with Crippen LogP contribution in [-0.4, -0.2) is 50.9 Å². The van der Waals surface area contributed by atoms with Gasteiger partial charge in [0, 0.05) is 31.3 Å². The SMILES string of the molecule is Cl.Cl.N[C@H]1CC[C@H](Nc2nc(NCC3CCCCO3)c3ncn(C4CCCC4)c3n2)CC1. The summed E-state index contributed by atoms with van der Waals surface area (Å²) in [5.74, 6) is 1.52. The Morgan fingerprint density at radius 2 is 1.72 bits per heavy atom. The molecule has 3 fully saturated rings. The molecule has 3 heterocycles. The average molecular weight is 486 g/mol. The van der Waals surface area contributed by atoms with Crippen LogP contribution in [0.3, 0.4) is 0 Å². The van der Waals surface area contributed by atoms with E-state index in [1.807, 2.05) is 6.33 Å². The minimum absolute atomic E-state index is 0. The molecule has 3 aliphatic rings. The molecule has 1 saturated heterocycles. The van der Waals surface area contributed by atoms with E-state index in [1.165, 1.54) is 38.5 Å². The van der Waals surface area contributed by atoms with Gasteiger partial charge >= 0.3 is 0 Å². The molecule has 0 spiro atoms. The number of halogens is 2. The van der Waals surface area contributed by atoms with Crippen LogP contribution < -0.4 is 16.4 Å². The van der Waals surface area contributed by atoms with Gasteiger partial charge < -0.3 is 25.7 Å². The highest BCUT2D eigenvalue weighted by molar-refractivity contribution is 5.86. The van der Waals surface area contributed by atoms with Gasteiger partial charge in [-0.05, 0) is 57.8 Å². The van der Waals surface area contributed by atoms with Crippen LogP contribution in [0.4, 0.5) is 11.8 Å². The molecule has 180 valence electrons. The number of hydrogen-bond donors (Lipinski definition) is 3. The topological polar surface area (TPSA) is 103 Å². The molecule has 1 aliphatic heterocycles. The molecule has 32 heavy (non-hydrogen) atoms. The van der Waals surface area contributed by atoms with E-state index >= 15 is 0 Å². The number of ether oxygens (including phenoxy) is 1. The number of hydrogen-bond acceptors (Lipinski definition) is 7. The second-order valence-corrected chi connectivity index (χ2v) is 9.28. The van der Waals surface area contributed by atoms with Crippen molar-refractivity contribution >= 4 is 47.7 Å². The van der Waals surface area contributed by atoms with Crippen molar-refractivity contribution in [2.24, 2.45) is 5.73 Å². The molecule has 0 aromatic carbocycles. The smallest absolute Gasteiger partial charge is 0.227 e. The maximum atomic E-state index is 6.08. The molecule has 4 N–H and O–H groups in total. The van der Waals surface area contributed by atoms with Crippen molar-refractivity contribution in [1.82, 2.24) is 19.5 Å². The van der Waals surface area contributed by atoms with Gasteiger partial charge in [0.2, 0.25) is 5.95 Å². The van der Waals surface area contributed by atoms with Crippen molar-refractivity contribution < 1.29 is 4.74 Å². The Kier molecular flexibility index (Phi) is 9.22. The van der Waals surface area contributed by atoms with Gasteiger partial charge in [-0.15, -0.1) is 24.8 Å². The summed E-state index contributed by atoms with van der Waals surface area (Å²) in [6.45, 7) is 1.62. The number of fused-ring (bicyclic) bond motifs is 1. The number of rotatable bonds is 6. The molecule has 8 nitrogen and oxygen atoms in total. The van der Waals surface area contributed by atoms with Crippen LogP contribution in [0, 0.1) is 0 Å². The lowest BCUT2D eigenvalue weighted by Crippen LogP contribution is -2.33. The molecule has 1 atom stereocenters. The molecular weight excluding hydrogens is 449 g/mol. The summed E-state index contributed by atoms with van der Waals surface area (Å²) in [6.07, 6.45) is 15.0. The summed E-state index contributed by atoms with van der Waals surface area (Å²) in [5, 5.41) is 7.12. The minimum atomic E-state index is 0. The maximum Gasteiger partial charge on any atom is 0.227 e. The Labute approximate surface area is 202 Å². The third-order valence-electron chi connectivity index (χ3n) is 7.02. The van der Waals surface area contributed by atoms with Crippen LogP contribution in [0.2, 0.25) is 0 Å². The van der Waals surface area contributed by atoms with Crippen molar-refractivity contribution in [2.45, 2.75) is 94.9 Å². The van der Waals surface area contributed by atoms with Crippen LogP contribution in [0.1, 0.15) is 76.7 Å². The Morgan fingerprint density at radius 3 is 2.44 bits per heavy atom. The third-order valence-corrected chi connectivity index (χ3v) is 7.02. The number of anilines is 2. The largest absolute Gasteiger partial charge is 0.376 e. The van der Waals surface area contributed by atoms with E-state index in [0.29, 0.717) is 24.1 Å². The summed E-state index contributed by atoms with van der Waals surface area (Å²) < 4.78 is 8.17. The molecule has 10 heteroatoms. The normalized spacial score (nSPS) is 26.3. The number of aromatic nitrogens is 4. The first-order valence-corrected chi connectivity index (χ1v) is 11.9. The second kappa shape index (κ2) is 11.7. The van der Waals surface area contributed by atoms with E-state index in [1.54, 1.807) is 0 Å². The third kappa shape index (κ3) is 5.76. The zero-order chi connectivity index (χ0) is 20.3. The van der Waals surface area contributed by atoms with E-state index in [9.17, 15) is 0 Å². The fourth-order valence-corrected chi connectivity index (χ4v) is 5.18. The Hall–Kier alpha value is -1.35. The van der Waals surface area contributed by atoms with Gasteiger partial charge in [-0.3, -0.25) is 0 Å². The first-order chi connectivity index (χ1) is 14.8. The predicted molar refractivity (Wildman–Crippen MR) is 133 cm³/mol. The number of imidazole rings is 1. The minimum Gasteiger partial charge on any atom is -0.376 e. The molecule has 5 rings (SSSR count). The quantitative estimate of drug-likeness (QED) is 0.555. The maximum absolute atomic E-state index is 6.08. The highest BCUT2D eigenvalue weighted by atomic mass is 35.5. The van der Waals surface area contributed by atoms with Gasteiger partial charge in [-0.1, -0.05) is 12.8 Å². The number of nitrogens with two attached hydrogens (primary N) is 1. The molecule has 2 saturated carbocycles. The lowest BCUT2D eigenvalue weighted by Gasteiger charge is -2.27. The Bertz CT molecular complexity index is 844. The summed E-state index contributed by atoms with van der Waals surface area (Å²) in [5.41, 5.74) is 7.90. The van der Waals surface area contributed by atoms with Crippen molar-refractivity contribution in [1.29, 1.82) is 0 Å². The van der Waals surface area contributed by atoms with Crippen LogP contribution in [-0.2, 0) is 4.74 Å². The molecule has 2 aromatic rings. The van der Waals surface area contributed by atoms with Gasteiger partial charge in [-0.2, -0.15) is 9.97 Å². The van der Waals surface area contributed by atoms with Crippen molar-refractivity contribution in [2.75, 3.05) is 23.8 Å². The van der Waals surface area contributed by atoms with Crippen molar-refractivity contribution in [3.8, 4) is 0 Å². The molecule has 0 amide bonds. The first-order valence-electron chi connectivity index (χ1n) is 11.9. The molecule has 2 aromatic heterocycles. The lowest BCUT2D eigenvalue weighted by molar-refractivity contribution is 0.0247. The highest BCUT2D eigenvalue weighted by Gasteiger charge is 2.24. The summed E-state index contributed by atoms with van der Waals surface area (Å²) in [4.78, 5) is 14.5. The molecule has 1 unspecified atom stereocenters. The van der Waals surface area contributed by atoms with Gasteiger partial charge in [0.15, 0.2) is 17.0 Å². The van der Waals surface area contributed by atoms with E-state index in [2.05, 4.69) is 15.2 Å². The monoisotopic (exact) mass is 485 g/mol. The van der Waals surface area contributed by atoms with Gasteiger partial charge in [0.25, 0.3) is 0 Å². The van der Waals surface area contributed by atoms with Crippen LogP contribution >= 0.6 is 24.8 Å². The first kappa shape index (κ1) is 25.3. The van der Waals surface area contributed by atoms with E-state index in [-0.39, 0.29) is 30.9 Å². The molecule has 0 radical (unpaired) electrons. The Balaban J connectivity index is 0.00000144. The standard InChI is InChI=1S/C22H35N7O.2ClH/c23-15-8-10-16(11-9-15)26-22-27-20(24-13-18-7-3-4-12-30-18)19-21(28-22)29(14-25-19)17-5-1-2-6-17;;/h14-18H,1-13,23H2,(H2,24,26,27,28);2*1H/t15-,16-,18?;;. The van der Waals surface area contributed by atoms with Crippen molar-refractivity contribution in [3.05, 3.63) is 6.33 Å². The zero-order valence-electron chi connectivity index (χ0n) is 18.7. The van der Waals surface area contributed by atoms with Gasteiger partial charge in [0.1, 0.15) is 0 Å². The van der Waals surface area contributed by atoms with Crippen LogP contribution in [0.15, 0.2) is 6.33 Å². The lowest BCUT2D eigenvalue weighted by atomic mass is 9.92. The number of nitrogens with one attached hydrogen (secondary N) is 2. The highest BCUT2D eigenvalue weighted by Crippen LogP contribution is 2.33. The average Bonchev–Trinajstić information content (AvgIpc) is 3.44. The van der Waals surface area contributed by atoms with Crippen molar-refractivity contribution in [3.63, 3.8) is 0 Å². The molecule has 2 aliphatic carbocycles. The fourth-order valence-electron chi connectivity index (χ4n) is 5.18. The van der Waals surface area contributed by atoms with Crippen LogP contribution in [0.5, 0.6) is 0 Å². The summed E-state index contributed by atoms with van der Waals surface area (Å²) in [7, 11) is 0. The summed E-state index contributed by atoms with van der Waals surface area (Å²) in [6, 6.07) is 1.22. The Morgan fingerprint density at radius 1 is 0.969 bits per heavy atom. The fraction of sp³-hybridized carbons (Fsp3) is 0.773. The zero-order valence-corrected chi connectivity index (χ0v) is 20.3. The van der Waals surface area contributed by atoms with E-state index < -0.39 is 0 Å². The number of nitrogens with zero attached hydrogens (tertiary/aromatic N) is 4. The second-order valence-electron chi connectivity index (χ2n) is 9.28. The van der Waals surface area contributed by atoms with E-state index in [0.717, 1.165) is 62.2 Å². The van der Waals surface area contributed by atoms with Crippen LogP contribution in [0.25, 0.3) is 11.2 Å². The van der Waals surface area contributed by atoms with Gasteiger partial charge in [0.05, 0.1) is 12.4 Å².